The third kappa shape index (κ3) is 5.37. The predicted molar refractivity (Wildman–Crippen MR) is 118 cm³/mol. The number of imidazole rings is 1. The van der Waals surface area contributed by atoms with Crippen molar-refractivity contribution >= 4 is 29.1 Å². The van der Waals surface area contributed by atoms with Crippen molar-refractivity contribution in [2.45, 2.75) is 39.5 Å². The first-order valence-electron chi connectivity index (χ1n) is 10.2. The van der Waals surface area contributed by atoms with Crippen LogP contribution in [0.5, 0.6) is 5.75 Å². The summed E-state index contributed by atoms with van der Waals surface area (Å²) in [6.07, 6.45) is 4.01. The van der Waals surface area contributed by atoms with Crippen LogP contribution in [0.4, 0.5) is 10.7 Å². The Kier molecular flexibility index (Phi) is 7.06. The van der Waals surface area contributed by atoms with Crippen LogP contribution in [-0.2, 0) is 11.2 Å². The van der Waals surface area contributed by atoms with Gasteiger partial charge in [-0.05, 0) is 48.6 Å². The summed E-state index contributed by atoms with van der Waals surface area (Å²) >= 11 is 0. The fourth-order valence-corrected chi connectivity index (χ4v) is 3.22. The standard InChI is InChI=1S/C23H28N4O3/c1-16(2)8-4-5-9-17-12-14-18(15-13-17)30-21(24)27-20-11-7-6-10-19(20)25-22(27)26-23(28)29-3/h6-7,10-16,24H,4-5,8-9H2,1-3H3,(H,25,26,28). The normalized spacial score (nSPS) is 10.9. The van der Waals surface area contributed by atoms with Crippen LogP contribution in [0.25, 0.3) is 11.0 Å². The number of benzene rings is 2. The van der Waals surface area contributed by atoms with Gasteiger partial charge < -0.3 is 9.47 Å². The summed E-state index contributed by atoms with van der Waals surface area (Å²) in [6, 6.07) is 14.9. The number of unbranched alkanes of at least 4 members (excludes halogenated alkanes) is 1. The van der Waals surface area contributed by atoms with Crippen molar-refractivity contribution < 1.29 is 14.3 Å². The lowest BCUT2D eigenvalue weighted by Crippen LogP contribution is -2.23. The number of aromatic nitrogens is 2. The number of aryl methyl sites for hydroxylation is 1. The molecule has 0 spiro atoms. The molecule has 0 aliphatic rings. The first-order chi connectivity index (χ1) is 14.5. The van der Waals surface area contributed by atoms with Gasteiger partial charge in [-0.2, -0.15) is 0 Å². The summed E-state index contributed by atoms with van der Waals surface area (Å²) in [5, 5.41) is 11.0. The first kappa shape index (κ1) is 21.4. The predicted octanol–water partition coefficient (Wildman–Crippen LogP) is 5.45. The van der Waals surface area contributed by atoms with Crippen LogP contribution >= 0.6 is 0 Å². The van der Waals surface area contributed by atoms with Crippen LogP contribution < -0.4 is 10.1 Å². The minimum Gasteiger partial charge on any atom is -0.453 e. The number of carbonyl (C=O) groups is 1. The maximum atomic E-state index is 11.7. The molecule has 0 saturated heterocycles. The Hall–Kier alpha value is -3.35. The molecule has 1 amide bonds. The number of fused-ring (bicyclic) bond motifs is 1. The van der Waals surface area contributed by atoms with Gasteiger partial charge in [0.05, 0.1) is 18.1 Å². The fraction of sp³-hybridized carbons (Fsp3) is 0.348. The molecule has 0 aliphatic heterocycles. The van der Waals surface area contributed by atoms with Crippen LogP contribution in [-0.4, -0.2) is 28.8 Å². The molecule has 0 aliphatic carbocycles. The number of ether oxygens (including phenoxy) is 2. The molecule has 30 heavy (non-hydrogen) atoms. The Labute approximate surface area is 176 Å². The number of nitrogens with zero attached hydrogens (tertiary/aromatic N) is 2. The topological polar surface area (TPSA) is 89.2 Å². The minimum absolute atomic E-state index is 0.162. The highest BCUT2D eigenvalue weighted by atomic mass is 16.5. The highest BCUT2D eigenvalue weighted by molar-refractivity contribution is 5.95. The highest BCUT2D eigenvalue weighted by Gasteiger charge is 2.18. The average Bonchev–Trinajstić information content (AvgIpc) is 3.10. The van der Waals surface area contributed by atoms with E-state index in [2.05, 4.69) is 28.9 Å². The number of methoxy groups -OCH3 is 1. The van der Waals surface area contributed by atoms with Gasteiger partial charge in [0.1, 0.15) is 5.75 Å². The van der Waals surface area contributed by atoms with E-state index in [1.807, 2.05) is 42.5 Å². The van der Waals surface area contributed by atoms with Gasteiger partial charge in [-0.1, -0.05) is 51.0 Å². The quantitative estimate of drug-likeness (QED) is 0.309. The second kappa shape index (κ2) is 9.91. The number of hydrogen-bond donors (Lipinski definition) is 2. The van der Waals surface area contributed by atoms with Crippen LogP contribution in [0.2, 0.25) is 0 Å². The van der Waals surface area contributed by atoms with E-state index in [1.165, 1.54) is 30.1 Å². The van der Waals surface area contributed by atoms with Crippen LogP contribution in [0.3, 0.4) is 0 Å². The molecule has 3 aromatic rings. The van der Waals surface area contributed by atoms with Crippen molar-refractivity contribution in [3.05, 3.63) is 54.1 Å². The minimum atomic E-state index is -0.666. The summed E-state index contributed by atoms with van der Waals surface area (Å²) < 4.78 is 11.8. The van der Waals surface area contributed by atoms with Gasteiger partial charge in [0, 0.05) is 0 Å². The number of para-hydroxylation sites is 2. The van der Waals surface area contributed by atoms with Gasteiger partial charge in [0.2, 0.25) is 5.95 Å². The van der Waals surface area contributed by atoms with Crippen LogP contribution in [0.15, 0.2) is 48.5 Å². The lowest BCUT2D eigenvalue weighted by atomic mass is 10.0. The number of anilines is 1. The van der Waals surface area contributed by atoms with E-state index in [0.29, 0.717) is 16.8 Å². The molecule has 0 saturated carbocycles. The van der Waals surface area contributed by atoms with Gasteiger partial charge in [0.15, 0.2) is 0 Å². The van der Waals surface area contributed by atoms with E-state index in [0.717, 1.165) is 18.8 Å². The molecular formula is C23H28N4O3. The van der Waals surface area contributed by atoms with Gasteiger partial charge in [-0.15, -0.1) is 0 Å². The Balaban J connectivity index is 1.72. The largest absolute Gasteiger partial charge is 0.453 e. The molecule has 0 unspecified atom stereocenters. The Morgan fingerprint density at radius 1 is 1.13 bits per heavy atom. The summed E-state index contributed by atoms with van der Waals surface area (Å²) in [7, 11) is 1.27. The number of rotatable bonds is 7. The first-order valence-corrected chi connectivity index (χ1v) is 10.2. The number of hydrogen-bond acceptors (Lipinski definition) is 5. The zero-order valence-electron chi connectivity index (χ0n) is 17.6. The Morgan fingerprint density at radius 3 is 2.57 bits per heavy atom. The molecule has 0 fully saturated rings. The van der Waals surface area contributed by atoms with Crippen molar-refractivity contribution in [2.24, 2.45) is 5.92 Å². The fourth-order valence-electron chi connectivity index (χ4n) is 3.22. The Morgan fingerprint density at radius 2 is 1.87 bits per heavy atom. The van der Waals surface area contributed by atoms with Crippen molar-refractivity contribution in [3.63, 3.8) is 0 Å². The zero-order valence-corrected chi connectivity index (χ0v) is 17.6. The van der Waals surface area contributed by atoms with E-state index in [4.69, 9.17) is 10.1 Å². The van der Waals surface area contributed by atoms with Crippen LogP contribution in [0, 0.1) is 11.3 Å². The average molecular weight is 409 g/mol. The van der Waals surface area contributed by atoms with Crippen molar-refractivity contribution in [1.29, 1.82) is 5.41 Å². The lowest BCUT2D eigenvalue weighted by Gasteiger charge is -2.12. The van der Waals surface area contributed by atoms with E-state index in [-0.39, 0.29) is 12.0 Å². The highest BCUT2D eigenvalue weighted by Crippen LogP contribution is 2.22. The zero-order chi connectivity index (χ0) is 21.5. The van der Waals surface area contributed by atoms with E-state index in [1.54, 1.807) is 6.07 Å². The smallest absolute Gasteiger partial charge is 0.413 e. The molecule has 0 atom stereocenters. The molecular weight excluding hydrogens is 380 g/mol. The Bertz CT molecular complexity index is 1010. The van der Waals surface area contributed by atoms with Gasteiger partial charge in [0.25, 0.3) is 0 Å². The molecule has 7 heteroatoms. The lowest BCUT2D eigenvalue weighted by molar-refractivity contribution is 0.186. The number of carbonyl (C=O) groups excluding carboxylic acids is 1. The molecule has 1 heterocycles. The summed E-state index contributed by atoms with van der Waals surface area (Å²) in [5.74, 6) is 1.45. The van der Waals surface area contributed by atoms with E-state index < -0.39 is 6.09 Å². The molecule has 0 radical (unpaired) electrons. The molecule has 0 bridgehead atoms. The van der Waals surface area contributed by atoms with Crippen LogP contribution in [0.1, 0.15) is 38.7 Å². The maximum Gasteiger partial charge on any atom is 0.413 e. The molecule has 2 N–H and O–H groups in total. The van der Waals surface area contributed by atoms with Gasteiger partial charge in [-0.25, -0.2) is 14.3 Å². The third-order valence-electron chi connectivity index (χ3n) is 4.80. The molecule has 7 nitrogen and oxygen atoms in total. The summed E-state index contributed by atoms with van der Waals surface area (Å²) in [5.41, 5.74) is 2.53. The van der Waals surface area contributed by atoms with Crippen molar-refractivity contribution in [3.8, 4) is 5.75 Å². The third-order valence-corrected chi connectivity index (χ3v) is 4.80. The van der Waals surface area contributed by atoms with Gasteiger partial charge >= 0.3 is 12.1 Å². The molecule has 158 valence electrons. The molecule has 2 aromatic carbocycles. The maximum absolute atomic E-state index is 11.7. The van der Waals surface area contributed by atoms with Crippen molar-refractivity contribution in [1.82, 2.24) is 9.55 Å². The SMILES string of the molecule is COC(=O)Nc1nc2ccccc2n1C(=N)Oc1ccc(CCCCC(C)C)cc1. The van der Waals surface area contributed by atoms with E-state index >= 15 is 0 Å². The number of nitrogens with one attached hydrogen (secondary N) is 2. The summed E-state index contributed by atoms with van der Waals surface area (Å²) in [6.45, 7) is 4.49. The van der Waals surface area contributed by atoms with Crippen molar-refractivity contribution in [2.75, 3.05) is 12.4 Å². The second-order valence-electron chi connectivity index (χ2n) is 7.57. The van der Waals surface area contributed by atoms with Gasteiger partial charge in [-0.3, -0.25) is 10.7 Å². The van der Waals surface area contributed by atoms with E-state index in [9.17, 15) is 4.79 Å². The second-order valence-corrected chi connectivity index (χ2v) is 7.57. The monoisotopic (exact) mass is 408 g/mol. The summed E-state index contributed by atoms with van der Waals surface area (Å²) in [4.78, 5) is 16.0. The molecule has 3 rings (SSSR count). The molecule has 1 aromatic heterocycles. The number of amides is 1.